The van der Waals surface area contributed by atoms with Gasteiger partial charge in [0.2, 0.25) is 5.43 Å². The molecule has 4 rings (SSSR count). The fraction of sp³-hybridized carbons (Fsp3) is 0.409. The summed E-state index contributed by atoms with van der Waals surface area (Å²) >= 11 is 5.91. The van der Waals surface area contributed by atoms with Gasteiger partial charge in [-0.05, 0) is 12.5 Å². The monoisotopic (exact) mass is 479 g/mol. The predicted molar refractivity (Wildman–Crippen MR) is 116 cm³/mol. The van der Waals surface area contributed by atoms with E-state index in [1.807, 2.05) is 0 Å². The number of nitrogens with one attached hydrogen (secondary N) is 1. The van der Waals surface area contributed by atoms with Gasteiger partial charge >= 0.3 is 0 Å². The number of ether oxygens (including phenoxy) is 2. The minimum Gasteiger partial charge on any atom is -0.503 e. The molecule has 0 radical (unpaired) electrons. The van der Waals surface area contributed by atoms with Gasteiger partial charge in [-0.25, -0.2) is 4.39 Å². The highest BCUT2D eigenvalue weighted by atomic mass is 35.5. The van der Waals surface area contributed by atoms with E-state index in [1.165, 1.54) is 34.9 Å². The Kier molecular flexibility index (Phi) is 5.83. The van der Waals surface area contributed by atoms with E-state index < -0.39 is 34.3 Å². The lowest BCUT2D eigenvalue weighted by Gasteiger charge is -2.35. The molecule has 1 aliphatic heterocycles. The van der Waals surface area contributed by atoms with E-state index in [0.717, 1.165) is 0 Å². The number of hydrogen-bond acceptors (Lipinski definition) is 6. The number of rotatable bonds is 6. The SMILES string of the molecule is COC[C@H]1C[C@@]12CN(C)C(=O)c1c(O)c(=O)c(C(=O)NCc3ccc(OC)c(Cl)c3F)cn12. The summed E-state index contributed by atoms with van der Waals surface area (Å²) in [5, 5.41) is 12.8. The Morgan fingerprint density at radius 3 is 2.76 bits per heavy atom. The van der Waals surface area contributed by atoms with Crippen molar-refractivity contribution >= 4 is 23.4 Å². The summed E-state index contributed by atoms with van der Waals surface area (Å²) in [6.45, 7) is 0.522. The topological polar surface area (TPSA) is 110 Å². The number of nitrogens with zero attached hydrogens (tertiary/aromatic N) is 2. The number of halogens is 2. The molecule has 2 amide bonds. The van der Waals surface area contributed by atoms with Gasteiger partial charge in [-0.3, -0.25) is 14.4 Å². The van der Waals surface area contributed by atoms with Crippen LogP contribution < -0.4 is 15.5 Å². The van der Waals surface area contributed by atoms with Crippen LogP contribution in [0.25, 0.3) is 0 Å². The molecular weight excluding hydrogens is 457 g/mol. The summed E-state index contributed by atoms with van der Waals surface area (Å²) in [7, 11) is 4.51. The molecule has 2 N–H and O–H groups in total. The first kappa shape index (κ1) is 23.1. The van der Waals surface area contributed by atoms with E-state index in [1.54, 1.807) is 14.2 Å². The van der Waals surface area contributed by atoms with Crippen LogP contribution in [0.3, 0.4) is 0 Å². The molecule has 2 heterocycles. The van der Waals surface area contributed by atoms with Crippen LogP contribution in [0.1, 0.15) is 32.8 Å². The highest BCUT2D eigenvalue weighted by Crippen LogP contribution is 2.53. The Morgan fingerprint density at radius 2 is 2.09 bits per heavy atom. The number of amides is 2. The molecule has 176 valence electrons. The number of benzene rings is 1. The lowest BCUT2D eigenvalue weighted by molar-refractivity contribution is 0.0664. The fourth-order valence-electron chi connectivity index (χ4n) is 4.47. The molecular formula is C22H23ClFN3O6. The molecule has 1 fully saturated rings. The second kappa shape index (κ2) is 8.35. The molecule has 1 saturated carbocycles. The van der Waals surface area contributed by atoms with Gasteiger partial charge in [0.15, 0.2) is 17.3 Å². The normalized spacial score (nSPS) is 21.2. The van der Waals surface area contributed by atoms with Gasteiger partial charge in [0, 0.05) is 44.9 Å². The molecule has 1 aromatic heterocycles. The summed E-state index contributed by atoms with van der Waals surface area (Å²) in [5.41, 5.74) is -1.97. The van der Waals surface area contributed by atoms with Crippen molar-refractivity contribution in [1.82, 2.24) is 14.8 Å². The number of hydrogen-bond donors (Lipinski definition) is 2. The standard InChI is InChI=1S/C22H23ClFN3O6/c1-26-10-22(6-12(22)9-32-2)27-8-13(18(28)19(29)17(27)21(26)31)20(30)25-7-11-4-5-14(33-3)15(23)16(11)24/h4-5,8,12,29H,6-7,9-10H2,1-3H3,(H,25,30)/t12-,22-/m1/s1. The van der Waals surface area contributed by atoms with E-state index in [-0.39, 0.29) is 40.1 Å². The summed E-state index contributed by atoms with van der Waals surface area (Å²) in [4.78, 5) is 39.7. The molecule has 2 aromatic rings. The Hall–Kier alpha value is -3.11. The minimum absolute atomic E-state index is 0.0464. The van der Waals surface area contributed by atoms with E-state index >= 15 is 0 Å². The quantitative estimate of drug-likeness (QED) is 0.653. The molecule has 0 bridgehead atoms. The van der Waals surface area contributed by atoms with Gasteiger partial charge in [-0.2, -0.15) is 0 Å². The molecule has 1 aliphatic carbocycles. The Balaban J connectivity index is 1.67. The van der Waals surface area contributed by atoms with Crippen molar-refractivity contribution in [2.24, 2.45) is 5.92 Å². The number of fused-ring (bicyclic) bond motifs is 2. The van der Waals surface area contributed by atoms with Crippen LogP contribution in [0.15, 0.2) is 23.1 Å². The van der Waals surface area contributed by atoms with Crippen LogP contribution >= 0.6 is 11.6 Å². The van der Waals surface area contributed by atoms with Crippen LogP contribution in [0.4, 0.5) is 4.39 Å². The van der Waals surface area contributed by atoms with E-state index in [2.05, 4.69) is 5.32 Å². The molecule has 2 aliphatic rings. The predicted octanol–water partition coefficient (Wildman–Crippen LogP) is 1.73. The maximum absolute atomic E-state index is 14.5. The summed E-state index contributed by atoms with van der Waals surface area (Å²) in [6, 6.07) is 2.86. The zero-order chi connectivity index (χ0) is 24.1. The number of likely N-dealkylation sites (N-methyl/N-ethyl adjacent to an activating group) is 1. The number of methoxy groups -OCH3 is 2. The van der Waals surface area contributed by atoms with Crippen molar-refractivity contribution in [3.05, 3.63) is 56.2 Å². The average molecular weight is 480 g/mol. The number of carbonyl (C=O) groups excluding carboxylic acids is 2. The van der Waals surface area contributed by atoms with E-state index in [9.17, 15) is 23.9 Å². The molecule has 33 heavy (non-hydrogen) atoms. The molecule has 2 atom stereocenters. The third-order valence-electron chi connectivity index (χ3n) is 6.32. The number of aromatic nitrogens is 1. The van der Waals surface area contributed by atoms with Gasteiger partial charge in [0.25, 0.3) is 11.8 Å². The first-order valence-electron chi connectivity index (χ1n) is 10.2. The van der Waals surface area contributed by atoms with Crippen LogP contribution in [0, 0.1) is 11.7 Å². The first-order valence-corrected chi connectivity index (χ1v) is 10.6. The maximum Gasteiger partial charge on any atom is 0.274 e. The summed E-state index contributed by atoms with van der Waals surface area (Å²) < 4.78 is 26.2. The number of pyridine rings is 1. The van der Waals surface area contributed by atoms with Crippen molar-refractivity contribution in [3.8, 4) is 11.5 Å². The zero-order valence-corrected chi connectivity index (χ0v) is 19.0. The van der Waals surface area contributed by atoms with E-state index in [4.69, 9.17) is 21.1 Å². The molecule has 1 spiro atoms. The molecule has 11 heteroatoms. The van der Waals surface area contributed by atoms with Crippen molar-refractivity contribution in [1.29, 1.82) is 0 Å². The van der Waals surface area contributed by atoms with Gasteiger partial charge < -0.3 is 29.4 Å². The van der Waals surface area contributed by atoms with Crippen molar-refractivity contribution in [2.75, 3.05) is 34.4 Å². The minimum atomic E-state index is -0.977. The lowest BCUT2D eigenvalue weighted by atomic mass is 10.0. The second-order valence-electron chi connectivity index (χ2n) is 8.30. The smallest absolute Gasteiger partial charge is 0.274 e. The first-order chi connectivity index (χ1) is 15.7. The van der Waals surface area contributed by atoms with E-state index in [0.29, 0.717) is 19.6 Å². The summed E-state index contributed by atoms with van der Waals surface area (Å²) in [6.07, 6.45) is 1.95. The third kappa shape index (κ3) is 3.63. The average Bonchev–Trinajstić information content (AvgIpc) is 3.47. The highest BCUT2D eigenvalue weighted by molar-refractivity contribution is 6.32. The Labute approximate surface area is 193 Å². The number of aromatic hydroxyl groups is 1. The molecule has 9 nitrogen and oxygen atoms in total. The Bertz CT molecular complexity index is 1220. The van der Waals surface area contributed by atoms with Gasteiger partial charge in [-0.15, -0.1) is 0 Å². The second-order valence-corrected chi connectivity index (χ2v) is 8.68. The lowest BCUT2D eigenvalue weighted by Crippen LogP contribution is -2.48. The maximum atomic E-state index is 14.5. The van der Waals surface area contributed by atoms with Gasteiger partial charge in [-0.1, -0.05) is 17.7 Å². The largest absolute Gasteiger partial charge is 0.503 e. The van der Waals surface area contributed by atoms with Crippen LogP contribution in [0.5, 0.6) is 11.5 Å². The van der Waals surface area contributed by atoms with Gasteiger partial charge in [0.1, 0.15) is 16.3 Å². The van der Waals surface area contributed by atoms with Crippen LogP contribution in [-0.4, -0.2) is 60.8 Å². The molecule has 1 aromatic carbocycles. The highest BCUT2D eigenvalue weighted by Gasteiger charge is 2.60. The molecule has 0 saturated heterocycles. The zero-order valence-electron chi connectivity index (χ0n) is 18.3. The van der Waals surface area contributed by atoms with Crippen molar-refractivity contribution < 1.29 is 28.6 Å². The number of carbonyl (C=O) groups is 2. The Morgan fingerprint density at radius 1 is 1.36 bits per heavy atom. The molecule has 0 unspecified atom stereocenters. The van der Waals surface area contributed by atoms with Crippen LogP contribution in [-0.2, 0) is 16.8 Å². The van der Waals surface area contributed by atoms with Gasteiger partial charge in [0.05, 0.1) is 19.3 Å². The fourth-order valence-corrected chi connectivity index (χ4v) is 4.73. The summed E-state index contributed by atoms with van der Waals surface area (Å²) in [5.74, 6) is -2.68. The third-order valence-corrected chi connectivity index (χ3v) is 6.67. The van der Waals surface area contributed by atoms with Crippen molar-refractivity contribution in [2.45, 2.75) is 18.5 Å². The van der Waals surface area contributed by atoms with Crippen molar-refractivity contribution in [3.63, 3.8) is 0 Å². The van der Waals surface area contributed by atoms with Crippen LogP contribution in [0.2, 0.25) is 5.02 Å².